The minimum atomic E-state index is -0.486. The summed E-state index contributed by atoms with van der Waals surface area (Å²) in [6, 6.07) is 5.63. The van der Waals surface area contributed by atoms with Crippen LogP contribution in [0, 0.1) is 0 Å². The van der Waals surface area contributed by atoms with Gasteiger partial charge in [-0.2, -0.15) is 5.10 Å². The van der Waals surface area contributed by atoms with Crippen LogP contribution in [-0.2, 0) is 11.3 Å². The van der Waals surface area contributed by atoms with Gasteiger partial charge >= 0.3 is 6.09 Å². The van der Waals surface area contributed by atoms with Gasteiger partial charge in [0.2, 0.25) is 0 Å². The molecule has 0 fully saturated rings. The van der Waals surface area contributed by atoms with Crippen molar-refractivity contribution in [2.24, 2.45) is 0 Å². The molecule has 108 valence electrons. The zero-order chi connectivity index (χ0) is 14.8. The molecule has 2 rings (SSSR count). The maximum Gasteiger partial charge on any atom is 0.407 e. The Balaban J connectivity index is 1.92. The predicted molar refractivity (Wildman–Crippen MR) is 78.4 cm³/mol. The molecule has 1 amide bonds. The summed E-state index contributed by atoms with van der Waals surface area (Å²) >= 11 is 0. The molecule has 6 nitrogen and oxygen atoms in total. The molecule has 0 saturated heterocycles. The smallest absolute Gasteiger partial charge is 0.407 e. The normalized spacial score (nSPS) is 11.6. The van der Waals surface area contributed by atoms with Crippen LogP contribution in [0.1, 0.15) is 20.8 Å². The minimum Gasteiger partial charge on any atom is -0.444 e. The third-order valence-electron chi connectivity index (χ3n) is 2.66. The predicted octanol–water partition coefficient (Wildman–Crippen LogP) is 2.14. The fourth-order valence-electron chi connectivity index (χ4n) is 1.86. The van der Waals surface area contributed by atoms with E-state index in [9.17, 15) is 4.79 Å². The number of nitrogen functional groups attached to an aromatic ring is 1. The van der Waals surface area contributed by atoms with Crippen molar-refractivity contribution in [3.8, 4) is 0 Å². The summed E-state index contributed by atoms with van der Waals surface area (Å²) in [6.45, 7) is 6.52. The number of nitrogens with zero attached hydrogens (tertiary/aromatic N) is 2. The summed E-state index contributed by atoms with van der Waals surface area (Å²) in [5, 5.41) is 7.97. The van der Waals surface area contributed by atoms with Crippen molar-refractivity contribution in [1.29, 1.82) is 0 Å². The number of benzene rings is 1. The Bertz CT molecular complexity index is 613. The van der Waals surface area contributed by atoms with Gasteiger partial charge in [-0.1, -0.05) is 0 Å². The Kier molecular flexibility index (Phi) is 3.83. The number of nitrogens with one attached hydrogen (secondary N) is 1. The van der Waals surface area contributed by atoms with Crippen molar-refractivity contribution in [3.05, 3.63) is 24.4 Å². The molecule has 6 heteroatoms. The Labute approximate surface area is 117 Å². The fraction of sp³-hybridized carbons (Fsp3) is 0.429. The number of fused-ring (bicyclic) bond motifs is 1. The molecule has 0 unspecified atom stereocenters. The van der Waals surface area contributed by atoms with Crippen LogP contribution in [-0.4, -0.2) is 28.0 Å². The van der Waals surface area contributed by atoms with Crippen LogP contribution in [0.4, 0.5) is 10.5 Å². The van der Waals surface area contributed by atoms with Crippen LogP contribution >= 0.6 is 0 Å². The molecule has 0 bridgehead atoms. The van der Waals surface area contributed by atoms with Crippen molar-refractivity contribution < 1.29 is 9.53 Å². The Hall–Kier alpha value is -2.24. The second-order valence-corrected chi connectivity index (χ2v) is 5.61. The van der Waals surface area contributed by atoms with Crippen molar-refractivity contribution in [2.75, 3.05) is 12.3 Å². The number of hydrogen-bond acceptors (Lipinski definition) is 4. The lowest BCUT2D eigenvalue weighted by Crippen LogP contribution is -2.34. The number of ether oxygens (including phenoxy) is 1. The number of aromatic nitrogens is 2. The maximum atomic E-state index is 11.5. The summed E-state index contributed by atoms with van der Waals surface area (Å²) in [5.74, 6) is 0. The zero-order valence-corrected chi connectivity index (χ0v) is 12.0. The Morgan fingerprint density at radius 3 is 2.90 bits per heavy atom. The van der Waals surface area contributed by atoms with E-state index >= 15 is 0 Å². The molecule has 20 heavy (non-hydrogen) atoms. The van der Waals surface area contributed by atoms with E-state index in [1.54, 1.807) is 6.20 Å². The highest BCUT2D eigenvalue weighted by Crippen LogP contribution is 2.16. The quantitative estimate of drug-likeness (QED) is 0.841. The second kappa shape index (κ2) is 5.40. The van der Waals surface area contributed by atoms with Gasteiger partial charge in [0, 0.05) is 17.6 Å². The molecular weight excluding hydrogens is 256 g/mol. The maximum absolute atomic E-state index is 11.5. The van der Waals surface area contributed by atoms with Crippen molar-refractivity contribution in [2.45, 2.75) is 32.9 Å². The summed E-state index contributed by atoms with van der Waals surface area (Å²) in [5.41, 5.74) is 6.94. The van der Waals surface area contributed by atoms with Crippen LogP contribution in [0.15, 0.2) is 24.4 Å². The number of hydrogen-bond donors (Lipinski definition) is 2. The number of nitrogens with two attached hydrogens (primary N) is 1. The first-order valence-corrected chi connectivity index (χ1v) is 6.53. The van der Waals surface area contributed by atoms with E-state index in [4.69, 9.17) is 10.5 Å². The van der Waals surface area contributed by atoms with Gasteiger partial charge in [-0.3, -0.25) is 4.68 Å². The van der Waals surface area contributed by atoms with Crippen molar-refractivity contribution in [3.63, 3.8) is 0 Å². The van der Waals surface area contributed by atoms with Gasteiger partial charge in [-0.05, 0) is 39.0 Å². The van der Waals surface area contributed by atoms with E-state index in [1.807, 2.05) is 43.7 Å². The number of carbonyl (C=O) groups is 1. The van der Waals surface area contributed by atoms with E-state index in [2.05, 4.69) is 10.4 Å². The van der Waals surface area contributed by atoms with E-state index in [0.29, 0.717) is 18.8 Å². The average Bonchev–Trinajstić information content (AvgIpc) is 2.69. The van der Waals surface area contributed by atoms with Gasteiger partial charge in [0.05, 0.1) is 18.3 Å². The molecule has 3 N–H and O–H groups in total. The van der Waals surface area contributed by atoms with Gasteiger partial charge in [0.25, 0.3) is 0 Å². The molecule has 2 aromatic rings. The van der Waals surface area contributed by atoms with Crippen LogP contribution in [0.2, 0.25) is 0 Å². The van der Waals surface area contributed by atoms with Gasteiger partial charge in [0.1, 0.15) is 5.60 Å². The number of anilines is 1. The van der Waals surface area contributed by atoms with Crippen LogP contribution < -0.4 is 11.1 Å². The van der Waals surface area contributed by atoms with Gasteiger partial charge < -0.3 is 15.8 Å². The van der Waals surface area contributed by atoms with Gasteiger partial charge in [0.15, 0.2) is 0 Å². The minimum absolute atomic E-state index is 0.418. The monoisotopic (exact) mass is 276 g/mol. The molecule has 1 aromatic heterocycles. The molecule has 0 saturated carbocycles. The topological polar surface area (TPSA) is 82.2 Å². The first kappa shape index (κ1) is 14.2. The lowest BCUT2D eigenvalue weighted by atomic mass is 10.2. The SMILES string of the molecule is CC(C)(C)OC(=O)NCCn1ncc2cc(N)ccc21. The molecule has 0 spiro atoms. The average molecular weight is 276 g/mol. The highest BCUT2D eigenvalue weighted by molar-refractivity contribution is 5.81. The second-order valence-electron chi connectivity index (χ2n) is 5.61. The molecule has 1 aromatic carbocycles. The standard InChI is InChI=1S/C14H20N4O2/c1-14(2,3)20-13(19)16-6-7-18-12-5-4-11(15)8-10(12)9-17-18/h4-5,8-9H,6-7,15H2,1-3H3,(H,16,19). The highest BCUT2D eigenvalue weighted by atomic mass is 16.6. The van der Waals surface area contributed by atoms with Gasteiger partial charge in [-0.25, -0.2) is 4.79 Å². The molecule has 0 aliphatic heterocycles. The summed E-state index contributed by atoms with van der Waals surface area (Å²) in [4.78, 5) is 11.5. The van der Waals surface area contributed by atoms with E-state index in [1.165, 1.54) is 0 Å². The Morgan fingerprint density at radius 1 is 1.45 bits per heavy atom. The van der Waals surface area contributed by atoms with E-state index in [-0.39, 0.29) is 0 Å². The Morgan fingerprint density at radius 2 is 2.20 bits per heavy atom. The largest absolute Gasteiger partial charge is 0.444 e. The zero-order valence-electron chi connectivity index (χ0n) is 12.0. The van der Waals surface area contributed by atoms with E-state index < -0.39 is 11.7 Å². The van der Waals surface area contributed by atoms with Crippen molar-refractivity contribution >= 4 is 22.7 Å². The molecule has 1 heterocycles. The first-order valence-electron chi connectivity index (χ1n) is 6.53. The summed E-state index contributed by atoms with van der Waals surface area (Å²) in [6.07, 6.45) is 1.34. The molecular formula is C14H20N4O2. The third-order valence-corrected chi connectivity index (χ3v) is 2.66. The summed E-state index contributed by atoms with van der Waals surface area (Å²) < 4.78 is 6.99. The molecule has 0 aliphatic rings. The lowest BCUT2D eigenvalue weighted by molar-refractivity contribution is 0.0526. The van der Waals surface area contributed by atoms with E-state index in [0.717, 1.165) is 10.9 Å². The van der Waals surface area contributed by atoms with Crippen molar-refractivity contribution in [1.82, 2.24) is 15.1 Å². The third kappa shape index (κ3) is 3.63. The lowest BCUT2D eigenvalue weighted by Gasteiger charge is -2.19. The number of rotatable bonds is 3. The molecule has 0 atom stereocenters. The van der Waals surface area contributed by atoms with Crippen LogP contribution in [0.3, 0.4) is 0 Å². The van der Waals surface area contributed by atoms with Crippen LogP contribution in [0.25, 0.3) is 10.9 Å². The number of carbonyl (C=O) groups excluding carboxylic acids is 1. The van der Waals surface area contributed by atoms with Crippen LogP contribution in [0.5, 0.6) is 0 Å². The molecule has 0 radical (unpaired) electrons. The molecule has 0 aliphatic carbocycles. The fourth-order valence-corrected chi connectivity index (χ4v) is 1.86. The highest BCUT2D eigenvalue weighted by Gasteiger charge is 2.15. The number of amides is 1. The number of alkyl carbamates (subject to hydrolysis) is 1. The summed E-state index contributed by atoms with van der Waals surface area (Å²) in [7, 11) is 0. The van der Waals surface area contributed by atoms with Gasteiger partial charge in [-0.15, -0.1) is 0 Å². The first-order chi connectivity index (χ1) is 9.35.